The quantitative estimate of drug-likeness (QED) is 0.446. The van der Waals surface area contributed by atoms with Crippen LogP contribution in [0.5, 0.6) is 0 Å². The van der Waals surface area contributed by atoms with Gasteiger partial charge in [0.2, 0.25) is 0 Å². The minimum absolute atomic E-state index is 0.165. The van der Waals surface area contributed by atoms with E-state index in [1.807, 2.05) is 31.2 Å². The SMILES string of the molecule is Cc1cccc(Cc2n[nH]c(=O)c3cc(NC(=O)Nc4ccc(F)cc4F)ccc23)c1. The maximum Gasteiger partial charge on any atom is 0.323 e. The van der Waals surface area contributed by atoms with Crippen molar-refractivity contribution in [3.63, 3.8) is 0 Å². The third-order valence-electron chi connectivity index (χ3n) is 4.76. The maximum absolute atomic E-state index is 13.7. The predicted molar refractivity (Wildman–Crippen MR) is 115 cm³/mol. The first kappa shape index (κ1) is 20.2. The molecule has 0 aliphatic heterocycles. The third-order valence-corrected chi connectivity index (χ3v) is 4.76. The van der Waals surface area contributed by atoms with Gasteiger partial charge in [-0.05, 0) is 36.8 Å². The summed E-state index contributed by atoms with van der Waals surface area (Å²) in [5.74, 6) is -1.63. The summed E-state index contributed by atoms with van der Waals surface area (Å²) in [7, 11) is 0. The Kier molecular flexibility index (Phi) is 5.44. The lowest BCUT2D eigenvalue weighted by Gasteiger charge is -2.10. The van der Waals surface area contributed by atoms with E-state index >= 15 is 0 Å². The molecule has 3 N–H and O–H groups in total. The van der Waals surface area contributed by atoms with Gasteiger partial charge in [-0.15, -0.1) is 0 Å². The van der Waals surface area contributed by atoms with E-state index in [2.05, 4.69) is 20.8 Å². The van der Waals surface area contributed by atoms with Gasteiger partial charge >= 0.3 is 6.03 Å². The molecule has 6 nitrogen and oxygen atoms in total. The van der Waals surface area contributed by atoms with Gasteiger partial charge in [0, 0.05) is 23.6 Å². The number of hydrogen-bond acceptors (Lipinski definition) is 3. The summed E-state index contributed by atoms with van der Waals surface area (Å²) in [6.45, 7) is 2.00. The van der Waals surface area contributed by atoms with Crippen molar-refractivity contribution in [2.75, 3.05) is 10.6 Å². The van der Waals surface area contributed by atoms with Crippen LogP contribution in [0.15, 0.2) is 65.5 Å². The lowest BCUT2D eigenvalue weighted by Crippen LogP contribution is -2.20. The predicted octanol–water partition coefficient (Wildman–Crippen LogP) is 4.74. The molecule has 0 spiro atoms. The molecule has 4 rings (SSSR count). The van der Waals surface area contributed by atoms with Crippen molar-refractivity contribution in [2.24, 2.45) is 0 Å². The minimum atomic E-state index is -0.892. The molecule has 0 bridgehead atoms. The average Bonchev–Trinajstić information content (AvgIpc) is 2.72. The lowest BCUT2D eigenvalue weighted by atomic mass is 10.0. The molecule has 156 valence electrons. The zero-order valence-electron chi connectivity index (χ0n) is 16.5. The van der Waals surface area contributed by atoms with Gasteiger partial charge in [-0.25, -0.2) is 18.7 Å². The van der Waals surface area contributed by atoms with Gasteiger partial charge in [0.1, 0.15) is 11.6 Å². The first-order valence-corrected chi connectivity index (χ1v) is 9.49. The Balaban J connectivity index is 1.58. The number of hydrogen-bond donors (Lipinski definition) is 3. The monoisotopic (exact) mass is 420 g/mol. The first-order chi connectivity index (χ1) is 14.9. The van der Waals surface area contributed by atoms with Gasteiger partial charge in [0.15, 0.2) is 0 Å². The lowest BCUT2D eigenvalue weighted by molar-refractivity contribution is 0.262. The number of rotatable bonds is 4. The molecule has 0 radical (unpaired) electrons. The Bertz CT molecular complexity index is 1350. The van der Waals surface area contributed by atoms with Crippen molar-refractivity contribution in [3.8, 4) is 0 Å². The minimum Gasteiger partial charge on any atom is -0.308 e. The fourth-order valence-electron chi connectivity index (χ4n) is 3.33. The Labute approximate surface area is 175 Å². The molecular weight excluding hydrogens is 402 g/mol. The van der Waals surface area contributed by atoms with Crippen LogP contribution in [-0.4, -0.2) is 16.2 Å². The number of nitrogens with zero attached hydrogens (tertiary/aromatic N) is 1. The summed E-state index contributed by atoms with van der Waals surface area (Å²) in [4.78, 5) is 24.5. The van der Waals surface area contributed by atoms with Crippen molar-refractivity contribution in [2.45, 2.75) is 13.3 Å². The van der Waals surface area contributed by atoms with Gasteiger partial charge in [-0.3, -0.25) is 4.79 Å². The van der Waals surface area contributed by atoms with Crippen LogP contribution in [0.4, 0.5) is 25.0 Å². The van der Waals surface area contributed by atoms with Crippen LogP contribution in [0.2, 0.25) is 0 Å². The number of anilines is 2. The third kappa shape index (κ3) is 4.58. The van der Waals surface area contributed by atoms with Crippen LogP contribution < -0.4 is 16.2 Å². The highest BCUT2D eigenvalue weighted by atomic mass is 19.1. The molecular formula is C23H18F2N4O2. The second-order valence-corrected chi connectivity index (χ2v) is 7.13. The molecule has 1 aromatic heterocycles. The van der Waals surface area contributed by atoms with Crippen molar-refractivity contribution < 1.29 is 13.6 Å². The van der Waals surface area contributed by atoms with E-state index in [1.165, 1.54) is 6.07 Å². The van der Waals surface area contributed by atoms with E-state index < -0.39 is 23.2 Å². The number of aryl methyl sites for hydroxylation is 1. The van der Waals surface area contributed by atoms with E-state index in [0.29, 0.717) is 34.6 Å². The molecule has 0 unspecified atom stereocenters. The molecule has 8 heteroatoms. The van der Waals surface area contributed by atoms with Gasteiger partial charge < -0.3 is 10.6 Å². The number of aromatic nitrogens is 2. The van der Waals surface area contributed by atoms with Crippen LogP contribution >= 0.6 is 0 Å². The molecule has 0 fully saturated rings. The van der Waals surface area contributed by atoms with Crippen LogP contribution in [0, 0.1) is 18.6 Å². The van der Waals surface area contributed by atoms with Gasteiger partial charge in [-0.2, -0.15) is 5.10 Å². The number of carbonyl (C=O) groups excluding carboxylic acids is 1. The van der Waals surface area contributed by atoms with E-state index in [4.69, 9.17) is 0 Å². The number of fused-ring (bicyclic) bond motifs is 1. The molecule has 4 aromatic rings. The first-order valence-electron chi connectivity index (χ1n) is 9.49. The maximum atomic E-state index is 13.7. The molecule has 0 aliphatic rings. The zero-order chi connectivity index (χ0) is 22.0. The van der Waals surface area contributed by atoms with Crippen molar-refractivity contribution in [1.82, 2.24) is 10.2 Å². The normalized spacial score (nSPS) is 10.8. The van der Waals surface area contributed by atoms with Gasteiger partial charge in [-0.1, -0.05) is 35.9 Å². The molecule has 0 saturated carbocycles. The number of aromatic amines is 1. The summed E-state index contributed by atoms with van der Waals surface area (Å²) in [6, 6.07) is 15.0. The smallest absolute Gasteiger partial charge is 0.308 e. The fourth-order valence-corrected chi connectivity index (χ4v) is 3.33. The molecule has 3 aromatic carbocycles. The van der Waals surface area contributed by atoms with Crippen molar-refractivity contribution in [1.29, 1.82) is 0 Å². The zero-order valence-corrected chi connectivity index (χ0v) is 16.5. The molecule has 2 amide bonds. The van der Waals surface area contributed by atoms with E-state index in [1.54, 1.807) is 12.1 Å². The van der Waals surface area contributed by atoms with Gasteiger partial charge in [0.25, 0.3) is 5.56 Å². The highest BCUT2D eigenvalue weighted by Gasteiger charge is 2.11. The largest absolute Gasteiger partial charge is 0.323 e. The number of H-pyrrole nitrogens is 1. The van der Waals surface area contributed by atoms with Gasteiger partial charge in [0.05, 0.1) is 16.8 Å². The number of nitrogens with one attached hydrogen (secondary N) is 3. The summed E-state index contributed by atoms with van der Waals surface area (Å²) in [6.07, 6.45) is 0.534. The molecule has 1 heterocycles. The number of amides is 2. The number of urea groups is 1. The average molecular weight is 420 g/mol. The summed E-state index contributed by atoms with van der Waals surface area (Å²) in [5.41, 5.74) is 2.67. The second kappa shape index (κ2) is 8.35. The van der Waals surface area contributed by atoms with E-state index in [-0.39, 0.29) is 5.69 Å². The Morgan fingerprint density at radius 3 is 2.61 bits per heavy atom. The Hall–Kier alpha value is -4.07. The molecule has 0 atom stereocenters. The van der Waals surface area contributed by atoms with Crippen LogP contribution in [-0.2, 0) is 6.42 Å². The topological polar surface area (TPSA) is 86.9 Å². The second-order valence-electron chi connectivity index (χ2n) is 7.13. The number of carbonyl (C=O) groups is 1. The summed E-state index contributed by atoms with van der Waals surface area (Å²) >= 11 is 0. The molecule has 0 saturated heterocycles. The van der Waals surface area contributed by atoms with Crippen LogP contribution in [0.1, 0.15) is 16.8 Å². The van der Waals surface area contributed by atoms with Crippen molar-refractivity contribution in [3.05, 3.63) is 99.5 Å². The summed E-state index contributed by atoms with van der Waals surface area (Å²) in [5, 5.41) is 12.6. The van der Waals surface area contributed by atoms with E-state index in [9.17, 15) is 18.4 Å². The highest BCUT2D eigenvalue weighted by Crippen LogP contribution is 2.21. The molecule has 0 aliphatic carbocycles. The Morgan fingerprint density at radius 2 is 1.84 bits per heavy atom. The number of halogens is 2. The number of benzene rings is 3. The van der Waals surface area contributed by atoms with Crippen LogP contribution in [0.25, 0.3) is 10.8 Å². The molecule has 31 heavy (non-hydrogen) atoms. The standard InChI is InChI=1S/C23H18F2N4O2/c1-13-3-2-4-14(9-13)10-21-17-7-6-16(12-18(17)22(30)29-28-21)26-23(31)27-20-8-5-15(24)11-19(20)25/h2-9,11-12H,10H2,1H3,(H,29,30)(H2,26,27,31). The van der Waals surface area contributed by atoms with Crippen LogP contribution in [0.3, 0.4) is 0 Å². The van der Waals surface area contributed by atoms with E-state index in [0.717, 1.165) is 23.3 Å². The fraction of sp³-hybridized carbons (Fsp3) is 0.0870. The summed E-state index contributed by atoms with van der Waals surface area (Å²) < 4.78 is 26.7. The highest BCUT2D eigenvalue weighted by molar-refractivity contribution is 6.01. The van der Waals surface area contributed by atoms with Crippen molar-refractivity contribution >= 4 is 28.2 Å². The Morgan fingerprint density at radius 1 is 1.00 bits per heavy atom.